The van der Waals surface area contributed by atoms with Crippen LogP contribution in [0.1, 0.15) is 17.3 Å². The monoisotopic (exact) mass is 486 g/mol. The Balaban J connectivity index is 1.62. The topological polar surface area (TPSA) is 102 Å². The second-order valence-corrected chi connectivity index (χ2v) is 9.48. The molecule has 166 valence electrons. The molecule has 31 heavy (non-hydrogen) atoms. The average molecular weight is 487 g/mol. The van der Waals surface area contributed by atoms with Crippen molar-refractivity contribution in [2.24, 2.45) is 0 Å². The number of amides is 1. The number of nitrogens with zero attached hydrogens (tertiary/aromatic N) is 1. The first kappa shape index (κ1) is 23.5. The maximum absolute atomic E-state index is 12.6. The first-order valence-corrected chi connectivity index (χ1v) is 11.5. The van der Waals surface area contributed by atoms with Crippen LogP contribution in [0.15, 0.2) is 47.4 Å². The molecular weight excluding hydrogens is 467 g/mol. The quantitative estimate of drug-likeness (QED) is 0.628. The van der Waals surface area contributed by atoms with Crippen molar-refractivity contribution >= 4 is 50.8 Å². The van der Waals surface area contributed by atoms with Crippen LogP contribution in [0.4, 0.5) is 5.69 Å². The summed E-state index contributed by atoms with van der Waals surface area (Å²) < 4.78 is 37.0. The molecule has 11 heteroatoms. The van der Waals surface area contributed by atoms with Crippen molar-refractivity contribution in [1.29, 1.82) is 0 Å². The first-order valence-electron chi connectivity index (χ1n) is 9.33. The second-order valence-electron chi connectivity index (χ2n) is 6.70. The van der Waals surface area contributed by atoms with Crippen molar-refractivity contribution in [2.45, 2.75) is 17.9 Å². The molecule has 0 unspecified atom stereocenters. The molecule has 0 aromatic heterocycles. The fraction of sp³-hybridized carbons (Fsp3) is 0.300. The third-order valence-corrected chi connectivity index (χ3v) is 7.00. The molecular formula is C20H20Cl2N2O6S. The molecule has 1 aliphatic rings. The van der Waals surface area contributed by atoms with Crippen LogP contribution in [0.5, 0.6) is 0 Å². The third-order valence-electron chi connectivity index (χ3n) is 4.54. The smallest absolute Gasteiger partial charge is 0.338 e. The standard InChI is InChI=1S/C20H20Cl2N2O6S/c1-13(19(25)23-18-7-4-15(21)12-17(18)22)30-20(26)14-2-5-16(6-3-14)31(27,28)24-8-10-29-11-9-24/h2-7,12-13H,8-11H2,1H3,(H,23,25)/t13-/m1/s1. The molecule has 2 aromatic rings. The molecule has 0 radical (unpaired) electrons. The van der Waals surface area contributed by atoms with Crippen molar-refractivity contribution in [3.63, 3.8) is 0 Å². The van der Waals surface area contributed by atoms with E-state index in [0.717, 1.165) is 0 Å². The number of halogens is 2. The predicted molar refractivity (Wildman–Crippen MR) is 116 cm³/mol. The molecule has 1 amide bonds. The number of morpholine rings is 1. The number of esters is 1. The Morgan fingerprint density at radius 3 is 2.35 bits per heavy atom. The fourth-order valence-electron chi connectivity index (χ4n) is 2.81. The van der Waals surface area contributed by atoms with Gasteiger partial charge in [0.2, 0.25) is 10.0 Å². The SMILES string of the molecule is C[C@@H](OC(=O)c1ccc(S(=O)(=O)N2CCOCC2)cc1)C(=O)Nc1ccc(Cl)cc1Cl. The maximum Gasteiger partial charge on any atom is 0.338 e. The summed E-state index contributed by atoms with van der Waals surface area (Å²) in [6.45, 7) is 2.64. The van der Waals surface area contributed by atoms with Crippen molar-refractivity contribution in [3.05, 3.63) is 58.1 Å². The Bertz CT molecular complexity index is 1070. The van der Waals surface area contributed by atoms with Gasteiger partial charge in [-0.25, -0.2) is 13.2 Å². The number of hydrogen-bond donors (Lipinski definition) is 1. The summed E-state index contributed by atoms with van der Waals surface area (Å²) in [5, 5.41) is 3.22. The largest absolute Gasteiger partial charge is 0.449 e. The molecule has 1 atom stereocenters. The molecule has 0 bridgehead atoms. The van der Waals surface area contributed by atoms with Crippen molar-refractivity contribution in [3.8, 4) is 0 Å². The minimum atomic E-state index is -3.67. The van der Waals surface area contributed by atoms with Gasteiger partial charge in [-0.05, 0) is 49.4 Å². The van der Waals surface area contributed by atoms with Crippen molar-refractivity contribution in [2.75, 3.05) is 31.6 Å². The second kappa shape index (κ2) is 9.97. The van der Waals surface area contributed by atoms with Crippen LogP contribution in [0.3, 0.4) is 0 Å². The summed E-state index contributed by atoms with van der Waals surface area (Å²) in [7, 11) is -3.67. The zero-order valence-corrected chi connectivity index (χ0v) is 18.8. The number of nitrogens with one attached hydrogen (secondary N) is 1. The highest BCUT2D eigenvalue weighted by Crippen LogP contribution is 2.25. The van der Waals surface area contributed by atoms with E-state index in [1.165, 1.54) is 47.6 Å². The first-order chi connectivity index (χ1) is 14.7. The highest BCUT2D eigenvalue weighted by atomic mass is 35.5. The highest BCUT2D eigenvalue weighted by Gasteiger charge is 2.27. The number of sulfonamides is 1. The lowest BCUT2D eigenvalue weighted by atomic mass is 10.2. The minimum Gasteiger partial charge on any atom is -0.449 e. The average Bonchev–Trinajstić information content (AvgIpc) is 2.76. The van der Waals surface area contributed by atoms with Crippen LogP contribution in [0, 0.1) is 0 Å². The van der Waals surface area contributed by atoms with Gasteiger partial charge in [-0.3, -0.25) is 4.79 Å². The van der Waals surface area contributed by atoms with Gasteiger partial charge >= 0.3 is 5.97 Å². The van der Waals surface area contributed by atoms with Crippen LogP contribution in [0.25, 0.3) is 0 Å². The van der Waals surface area contributed by atoms with Gasteiger partial charge in [0.15, 0.2) is 6.10 Å². The van der Waals surface area contributed by atoms with E-state index in [1.54, 1.807) is 6.07 Å². The van der Waals surface area contributed by atoms with Crippen LogP contribution in [-0.4, -0.2) is 57.0 Å². The number of rotatable bonds is 6. The normalized spacial score (nSPS) is 15.8. The van der Waals surface area contributed by atoms with Crippen molar-refractivity contribution in [1.82, 2.24) is 4.31 Å². The molecule has 3 rings (SSSR count). The number of anilines is 1. The van der Waals surface area contributed by atoms with E-state index < -0.39 is 28.0 Å². The van der Waals surface area contributed by atoms with Crippen LogP contribution in [0.2, 0.25) is 10.0 Å². The minimum absolute atomic E-state index is 0.0640. The lowest BCUT2D eigenvalue weighted by Crippen LogP contribution is -2.40. The number of ether oxygens (including phenoxy) is 2. The molecule has 1 aliphatic heterocycles. The summed E-state index contributed by atoms with van der Waals surface area (Å²) in [6.07, 6.45) is -1.11. The maximum atomic E-state index is 12.6. The molecule has 0 saturated carbocycles. The van der Waals surface area contributed by atoms with Gasteiger partial charge < -0.3 is 14.8 Å². The number of benzene rings is 2. The summed E-state index contributed by atoms with van der Waals surface area (Å²) in [5.74, 6) is -1.34. The summed E-state index contributed by atoms with van der Waals surface area (Å²) >= 11 is 11.8. The Morgan fingerprint density at radius 1 is 1.10 bits per heavy atom. The molecule has 1 saturated heterocycles. The molecule has 1 N–H and O–H groups in total. The van der Waals surface area contributed by atoms with E-state index in [9.17, 15) is 18.0 Å². The van der Waals surface area contributed by atoms with Gasteiger partial charge in [-0.2, -0.15) is 4.31 Å². The fourth-order valence-corrected chi connectivity index (χ4v) is 4.67. The predicted octanol–water partition coefficient (Wildman–Crippen LogP) is 3.20. The Hall–Kier alpha value is -2.17. The zero-order valence-electron chi connectivity index (χ0n) is 16.5. The van der Waals surface area contributed by atoms with Gasteiger partial charge in [-0.15, -0.1) is 0 Å². The lowest BCUT2D eigenvalue weighted by Gasteiger charge is -2.26. The van der Waals surface area contributed by atoms with E-state index in [1.807, 2.05) is 0 Å². The van der Waals surface area contributed by atoms with Gasteiger partial charge in [0.25, 0.3) is 5.91 Å². The summed E-state index contributed by atoms with van der Waals surface area (Å²) in [6, 6.07) is 9.92. The molecule has 1 heterocycles. The van der Waals surface area contributed by atoms with E-state index in [2.05, 4.69) is 5.32 Å². The van der Waals surface area contributed by atoms with E-state index in [0.29, 0.717) is 23.9 Å². The molecule has 0 aliphatic carbocycles. The molecule has 8 nitrogen and oxygen atoms in total. The molecule has 2 aromatic carbocycles. The van der Waals surface area contributed by atoms with Crippen molar-refractivity contribution < 1.29 is 27.5 Å². The van der Waals surface area contributed by atoms with Gasteiger partial charge in [0, 0.05) is 18.1 Å². The highest BCUT2D eigenvalue weighted by molar-refractivity contribution is 7.89. The molecule has 1 fully saturated rings. The van der Waals surface area contributed by atoms with Crippen LogP contribution < -0.4 is 5.32 Å². The Morgan fingerprint density at radius 2 is 1.74 bits per heavy atom. The summed E-state index contributed by atoms with van der Waals surface area (Å²) in [5.41, 5.74) is 0.446. The zero-order chi connectivity index (χ0) is 22.6. The van der Waals surface area contributed by atoms with Gasteiger partial charge in [0.1, 0.15) is 0 Å². The third kappa shape index (κ3) is 5.75. The Labute approximate surface area is 190 Å². The number of carbonyl (C=O) groups is 2. The van der Waals surface area contributed by atoms with Crippen LogP contribution in [-0.2, 0) is 24.3 Å². The summed E-state index contributed by atoms with van der Waals surface area (Å²) in [4.78, 5) is 24.7. The molecule has 0 spiro atoms. The lowest BCUT2D eigenvalue weighted by molar-refractivity contribution is -0.123. The number of carbonyl (C=O) groups excluding carboxylic acids is 2. The van der Waals surface area contributed by atoms with E-state index in [-0.39, 0.29) is 28.6 Å². The van der Waals surface area contributed by atoms with Crippen LogP contribution >= 0.6 is 23.2 Å². The van der Waals surface area contributed by atoms with E-state index in [4.69, 9.17) is 32.7 Å². The van der Waals surface area contributed by atoms with E-state index >= 15 is 0 Å². The van der Waals surface area contributed by atoms with Gasteiger partial charge in [-0.1, -0.05) is 23.2 Å². The number of hydrogen-bond acceptors (Lipinski definition) is 6. The van der Waals surface area contributed by atoms with Gasteiger partial charge in [0.05, 0.1) is 34.4 Å². The Kier molecular flexibility index (Phi) is 7.55.